The van der Waals surface area contributed by atoms with Gasteiger partial charge in [-0.3, -0.25) is 9.57 Å². The molecule has 1 fully saturated rings. The van der Waals surface area contributed by atoms with Crippen LogP contribution in [0.15, 0.2) is 0 Å². The first-order chi connectivity index (χ1) is 5.96. The molecule has 0 saturated carbocycles. The highest BCUT2D eigenvalue weighted by molar-refractivity contribution is 7.92. The Morgan fingerprint density at radius 1 is 1.77 bits per heavy atom. The summed E-state index contributed by atoms with van der Waals surface area (Å²) in [5.74, 6) is 0.486. The molecule has 0 aromatic carbocycles. The minimum absolute atomic E-state index is 0.0494. The van der Waals surface area contributed by atoms with Crippen LogP contribution in [0.4, 0.5) is 0 Å². The van der Waals surface area contributed by atoms with Crippen LogP contribution in [0.25, 0.3) is 0 Å². The molecule has 0 radical (unpaired) electrons. The molecule has 1 aliphatic rings. The molecular formula is C7H13ClN2O2S. The zero-order valence-corrected chi connectivity index (χ0v) is 9.03. The molecule has 1 amide bonds. The second-order valence-electron chi connectivity index (χ2n) is 3.26. The normalized spacial score (nSPS) is 33.2. The van der Waals surface area contributed by atoms with E-state index in [4.69, 9.17) is 16.4 Å². The summed E-state index contributed by atoms with van der Waals surface area (Å²) in [6.45, 7) is 0. The van der Waals surface area contributed by atoms with Crippen LogP contribution in [0.2, 0.25) is 0 Å². The average Bonchev–Trinajstić information content (AvgIpc) is 2.43. The fourth-order valence-electron chi connectivity index (χ4n) is 1.41. The number of alkyl halides is 1. The van der Waals surface area contributed by atoms with Crippen LogP contribution in [0.5, 0.6) is 0 Å². The van der Waals surface area contributed by atoms with Crippen LogP contribution in [0.1, 0.15) is 6.42 Å². The summed E-state index contributed by atoms with van der Waals surface area (Å²) < 4.78 is 18.7. The number of amides is 1. The molecule has 1 N–H and O–H groups in total. The third kappa shape index (κ3) is 2.57. The molecule has 4 nitrogen and oxygen atoms in total. The van der Waals surface area contributed by atoms with E-state index in [1.807, 2.05) is 0 Å². The van der Waals surface area contributed by atoms with E-state index in [0.717, 1.165) is 0 Å². The highest BCUT2D eigenvalue weighted by Gasteiger charge is 2.29. The van der Waals surface area contributed by atoms with E-state index < -0.39 is 9.73 Å². The molecule has 0 aromatic rings. The zero-order chi connectivity index (χ0) is 10.1. The Labute approximate surface area is 83.2 Å². The number of hydrogen-bond acceptors (Lipinski definition) is 3. The van der Waals surface area contributed by atoms with Crippen molar-refractivity contribution in [1.29, 1.82) is 4.78 Å². The molecule has 2 atom stereocenters. The van der Waals surface area contributed by atoms with Crippen molar-refractivity contribution in [2.45, 2.75) is 12.5 Å². The number of hydrogen-bond donors (Lipinski definition) is 1. The number of nitrogens with zero attached hydrogens (tertiary/aromatic N) is 1. The third-order valence-electron chi connectivity index (χ3n) is 2.30. The Kier molecular flexibility index (Phi) is 3.18. The lowest BCUT2D eigenvalue weighted by atomic mass is 10.2. The minimum Gasteiger partial charge on any atom is -0.341 e. The van der Waals surface area contributed by atoms with Crippen molar-refractivity contribution < 1.29 is 9.00 Å². The Morgan fingerprint density at radius 2 is 2.38 bits per heavy atom. The van der Waals surface area contributed by atoms with Crippen molar-refractivity contribution in [2.24, 2.45) is 0 Å². The summed E-state index contributed by atoms with van der Waals surface area (Å²) in [6, 6.07) is -0.0590. The van der Waals surface area contributed by atoms with Gasteiger partial charge in [-0.1, -0.05) is 0 Å². The van der Waals surface area contributed by atoms with Gasteiger partial charge in [0.1, 0.15) is 5.88 Å². The van der Waals surface area contributed by atoms with Gasteiger partial charge in [-0.2, -0.15) is 0 Å². The molecule has 2 unspecified atom stereocenters. The predicted octanol–water partition coefficient (Wildman–Crippen LogP) is 0.503. The van der Waals surface area contributed by atoms with Gasteiger partial charge < -0.3 is 4.90 Å². The highest BCUT2D eigenvalue weighted by Crippen LogP contribution is 2.17. The van der Waals surface area contributed by atoms with Gasteiger partial charge in [0, 0.05) is 28.6 Å². The van der Waals surface area contributed by atoms with Crippen molar-refractivity contribution in [2.75, 3.05) is 24.4 Å². The molecule has 76 valence electrons. The third-order valence-corrected chi connectivity index (χ3v) is 4.34. The number of nitrogens with one attached hydrogen (secondary N) is 1. The fourth-order valence-corrected chi connectivity index (χ4v) is 3.43. The van der Waals surface area contributed by atoms with Crippen molar-refractivity contribution in [3.05, 3.63) is 0 Å². The highest BCUT2D eigenvalue weighted by atomic mass is 35.5. The number of rotatable bonds is 2. The summed E-state index contributed by atoms with van der Waals surface area (Å²) in [5, 5.41) is 0. The van der Waals surface area contributed by atoms with Crippen LogP contribution in [0, 0.1) is 4.78 Å². The molecule has 1 aliphatic heterocycles. The smallest absolute Gasteiger partial charge is 0.237 e. The molecule has 0 aliphatic carbocycles. The molecule has 0 spiro atoms. The van der Waals surface area contributed by atoms with Gasteiger partial charge >= 0.3 is 0 Å². The van der Waals surface area contributed by atoms with Crippen LogP contribution < -0.4 is 0 Å². The lowest BCUT2D eigenvalue weighted by Gasteiger charge is -2.22. The first-order valence-electron chi connectivity index (χ1n) is 4.02. The van der Waals surface area contributed by atoms with Gasteiger partial charge in [0.05, 0.1) is 5.75 Å². The molecule has 1 rings (SSSR count). The quantitative estimate of drug-likeness (QED) is 0.695. The minimum atomic E-state index is -2.42. The van der Waals surface area contributed by atoms with Crippen molar-refractivity contribution in [3.8, 4) is 0 Å². The molecule has 0 bridgehead atoms. The van der Waals surface area contributed by atoms with Crippen LogP contribution in [0.3, 0.4) is 0 Å². The maximum atomic E-state index is 11.3. The summed E-state index contributed by atoms with van der Waals surface area (Å²) in [4.78, 5) is 12.7. The molecule has 0 aromatic heterocycles. The van der Waals surface area contributed by atoms with E-state index in [2.05, 4.69) is 0 Å². The van der Waals surface area contributed by atoms with Crippen molar-refractivity contribution in [3.63, 3.8) is 0 Å². The van der Waals surface area contributed by atoms with Crippen molar-refractivity contribution in [1.82, 2.24) is 4.90 Å². The second kappa shape index (κ2) is 3.84. The molecular weight excluding hydrogens is 212 g/mol. The lowest BCUT2D eigenvalue weighted by Crippen LogP contribution is -2.38. The van der Waals surface area contributed by atoms with E-state index in [0.29, 0.717) is 17.9 Å². The van der Waals surface area contributed by atoms with Gasteiger partial charge in [-0.05, 0) is 6.42 Å². The molecule has 1 heterocycles. The topological polar surface area (TPSA) is 61.2 Å². The number of carbonyl (C=O) groups is 1. The first-order valence-corrected chi connectivity index (χ1v) is 6.45. The standard InChI is InChI=1S/C7H13ClN2O2S/c1-10(7(11)4-8)6-2-3-13(9,12)5-6/h6,9H,2-5H2,1H3. The summed E-state index contributed by atoms with van der Waals surface area (Å²) in [5.41, 5.74) is 0. The van der Waals surface area contributed by atoms with E-state index >= 15 is 0 Å². The van der Waals surface area contributed by atoms with Gasteiger partial charge in [-0.25, -0.2) is 4.21 Å². The monoisotopic (exact) mass is 224 g/mol. The van der Waals surface area contributed by atoms with Gasteiger partial charge in [0.15, 0.2) is 0 Å². The van der Waals surface area contributed by atoms with E-state index in [1.54, 1.807) is 7.05 Å². The Balaban J connectivity index is 2.61. The first kappa shape index (κ1) is 10.8. The zero-order valence-electron chi connectivity index (χ0n) is 7.46. The fraction of sp³-hybridized carbons (Fsp3) is 0.857. The van der Waals surface area contributed by atoms with Crippen LogP contribution in [-0.4, -0.2) is 45.5 Å². The van der Waals surface area contributed by atoms with E-state index in [9.17, 15) is 9.00 Å². The summed E-state index contributed by atoms with van der Waals surface area (Å²) in [6.07, 6.45) is 0.654. The molecule has 1 saturated heterocycles. The SMILES string of the molecule is CN(C(=O)CCl)C1CCS(=N)(=O)C1. The van der Waals surface area contributed by atoms with Gasteiger partial charge in [-0.15, -0.1) is 11.6 Å². The van der Waals surface area contributed by atoms with Crippen molar-refractivity contribution >= 4 is 27.2 Å². The maximum Gasteiger partial charge on any atom is 0.237 e. The van der Waals surface area contributed by atoms with Crippen LogP contribution >= 0.6 is 11.6 Å². The molecule has 6 heteroatoms. The van der Waals surface area contributed by atoms with Gasteiger partial charge in [0.2, 0.25) is 5.91 Å². The Hall–Kier alpha value is -0.290. The largest absolute Gasteiger partial charge is 0.341 e. The van der Waals surface area contributed by atoms with Gasteiger partial charge in [0.25, 0.3) is 0 Å². The Bertz CT molecular complexity index is 302. The molecule has 13 heavy (non-hydrogen) atoms. The van der Waals surface area contributed by atoms with E-state index in [-0.39, 0.29) is 17.8 Å². The van der Waals surface area contributed by atoms with Crippen LogP contribution in [-0.2, 0) is 14.5 Å². The predicted molar refractivity (Wildman–Crippen MR) is 52.5 cm³/mol. The number of carbonyl (C=O) groups excluding carboxylic acids is 1. The maximum absolute atomic E-state index is 11.3. The summed E-state index contributed by atoms with van der Waals surface area (Å²) >= 11 is 5.39. The second-order valence-corrected chi connectivity index (χ2v) is 5.90. The lowest BCUT2D eigenvalue weighted by molar-refractivity contribution is -0.128. The Morgan fingerprint density at radius 3 is 2.77 bits per heavy atom. The number of halogens is 1. The average molecular weight is 225 g/mol. The summed E-state index contributed by atoms with van der Waals surface area (Å²) in [7, 11) is -0.770. The van der Waals surface area contributed by atoms with E-state index in [1.165, 1.54) is 4.90 Å².